The lowest BCUT2D eigenvalue weighted by Gasteiger charge is -2.32. The third-order valence-electron chi connectivity index (χ3n) is 4.62. The summed E-state index contributed by atoms with van der Waals surface area (Å²) in [7, 11) is 1.30. The van der Waals surface area contributed by atoms with E-state index in [1.165, 1.54) is 25.3 Å². The first-order valence-corrected chi connectivity index (χ1v) is 9.25. The fourth-order valence-corrected chi connectivity index (χ4v) is 3.39. The molecule has 0 aromatic heterocycles. The SMILES string of the molecule is COc1cc(OCC(=O)OCC(=O)N(C(C)C)C2CCCC2)ccc1[N+](=O)[O-]. The monoisotopic (exact) mass is 394 g/mol. The Balaban J connectivity index is 1.85. The van der Waals surface area contributed by atoms with E-state index in [0.717, 1.165) is 25.7 Å². The van der Waals surface area contributed by atoms with E-state index in [1.54, 1.807) is 4.90 Å². The van der Waals surface area contributed by atoms with Crippen LogP contribution in [0.5, 0.6) is 11.5 Å². The zero-order valence-electron chi connectivity index (χ0n) is 16.4. The number of nitro benzene ring substituents is 1. The third-order valence-corrected chi connectivity index (χ3v) is 4.62. The van der Waals surface area contributed by atoms with Gasteiger partial charge in [-0.2, -0.15) is 0 Å². The van der Waals surface area contributed by atoms with Gasteiger partial charge >= 0.3 is 11.7 Å². The van der Waals surface area contributed by atoms with Crippen molar-refractivity contribution in [2.45, 2.75) is 51.6 Å². The fourth-order valence-electron chi connectivity index (χ4n) is 3.39. The molecule has 154 valence electrons. The second-order valence-electron chi connectivity index (χ2n) is 6.87. The highest BCUT2D eigenvalue weighted by atomic mass is 16.6. The van der Waals surface area contributed by atoms with E-state index in [1.807, 2.05) is 13.8 Å². The summed E-state index contributed by atoms with van der Waals surface area (Å²) in [6.45, 7) is 3.14. The lowest BCUT2D eigenvalue weighted by atomic mass is 10.1. The van der Waals surface area contributed by atoms with Gasteiger partial charge in [0.05, 0.1) is 12.0 Å². The number of ether oxygens (including phenoxy) is 3. The Hall–Kier alpha value is -2.84. The van der Waals surface area contributed by atoms with E-state index in [4.69, 9.17) is 14.2 Å². The molecule has 1 aliphatic carbocycles. The number of carbonyl (C=O) groups is 2. The predicted molar refractivity (Wildman–Crippen MR) is 100 cm³/mol. The zero-order valence-corrected chi connectivity index (χ0v) is 16.4. The minimum Gasteiger partial charge on any atom is -0.490 e. The Morgan fingerprint density at radius 2 is 1.93 bits per heavy atom. The van der Waals surface area contributed by atoms with Crippen LogP contribution < -0.4 is 9.47 Å². The smallest absolute Gasteiger partial charge is 0.344 e. The van der Waals surface area contributed by atoms with Crippen molar-refractivity contribution in [3.8, 4) is 11.5 Å². The number of esters is 1. The molecule has 2 rings (SSSR count). The number of rotatable bonds is 9. The van der Waals surface area contributed by atoms with E-state index in [9.17, 15) is 19.7 Å². The molecule has 0 atom stereocenters. The van der Waals surface area contributed by atoms with E-state index in [-0.39, 0.29) is 41.8 Å². The molecule has 9 nitrogen and oxygen atoms in total. The number of hydrogen-bond acceptors (Lipinski definition) is 7. The van der Waals surface area contributed by atoms with Gasteiger partial charge in [0.1, 0.15) is 5.75 Å². The van der Waals surface area contributed by atoms with Crippen molar-refractivity contribution < 1.29 is 28.7 Å². The van der Waals surface area contributed by atoms with Crippen LogP contribution in [-0.2, 0) is 14.3 Å². The lowest BCUT2D eigenvalue weighted by molar-refractivity contribution is -0.385. The number of nitrogens with zero attached hydrogens (tertiary/aromatic N) is 2. The van der Waals surface area contributed by atoms with Crippen LogP contribution in [-0.4, -0.2) is 54.1 Å². The number of methoxy groups -OCH3 is 1. The lowest BCUT2D eigenvalue weighted by Crippen LogP contribution is -2.45. The van der Waals surface area contributed by atoms with Gasteiger partial charge in [0.15, 0.2) is 13.2 Å². The first kappa shape index (κ1) is 21.5. The molecule has 0 radical (unpaired) electrons. The molecule has 1 aromatic carbocycles. The van der Waals surface area contributed by atoms with Crippen molar-refractivity contribution in [3.05, 3.63) is 28.3 Å². The maximum absolute atomic E-state index is 12.5. The summed E-state index contributed by atoms with van der Waals surface area (Å²) < 4.78 is 15.3. The molecule has 0 N–H and O–H groups in total. The van der Waals surface area contributed by atoms with Crippen LogP contribution in [0.3, 0.4) is 0 Å². The summed E-state index contributed by atoms with van der Waals surface area (Å²) in [5.74, 6) is -0.663. The van der Waals surface area contributed by atoms with Gasteiger partial charge < -0.3 is 19.1 Å². The van der Waals surface area contributed by atoms with Crippen molar-refractivity contribution in [3.63, 3.8) is 0 Å². The minimum atomic E-state index is -0.694. The van der Waals surface area contributed by atoms with Crippen LogP contribution >= 0.6 is 0 Å². The molecule has 0 heterocycles. The summed E-state index contributed by atoms with van der Waals surface area (Å²) in [5.41, 5.74) is -0.205. The van der Waals surface area contributed by atoms with E-state index in [0.29, 0.717) is 0 Å². The average molecular weight is 394 g/mol. The molecule has 1 saturated carbocycles. The molecule has 1 aliphatic rings. The fraction of sp³-hybridized carbons (Fsp3) is 0.579. The maximum atomic E-state index is 12.5. The Bertz CT molecular complexity index is 714. The standard InChI is InChI=1S/C19H26N2O7/c1-13(2)20(14-6-4-5-7-14)18(22)11-28-19(23)12-27-15-8-9-16(21(24)25)17(10-15)26-3/h8-10,13-14H,4-7,11-12H2,1-3H3. The first-order chi connectivity index (χ1) is 13.3. The summed E-state index contributed by atoms with van der Waals surface area (Å²) in [6, 6.07) is 4.15. The largest absolute Gasteiger partial charge is 0.490 e. The van der Waals surface area contributed by atoms with Gasteiger partial charge in [-0.1, -0.05) is 12.8 Å². The molecule has 0 saturated heterocycles. The van der Waals surface area contributed by atoms with Gasteiger partial charge in [-0.05, 0) is 32.8 Å². The van der Waals surface area contributed by atoms with Crippen molar-refractivity contribution in [2.24, 2.45) is 0 Å². The van der Waals surface area contributed by atoms with Crippen LogP contribution in [0.15, 0.2) is 18.2 Å². The molecule has 0 unspecified atom stereocenters. The van der Waals surface area contributed by atoms with Crippen molar-refractivity contribution in [2.75, 3.05) is 20.3 Å². The molecular weight excluding hydrogens is 368 g/mol. The van der Waals surface area contributed by atoms with Crippen LogP contribution in [0.1, 0.15) is 39.5 Å². The number of nitro groups is 1. The molecule has 0 aliphatic heterocycles. The highest BCUT2D eigenvalue weighted by Gasteiger charge is 2.29. The van der Waals surface area contributed by atoms with Gasteiger partial charge in [0, 0.05) is 24.2 Å². The molecule has 28 heavy (non-hydrogen) atoms. The molecule has 1 aromatic rings. The summed E-state index contributed by atoms with van der Waals surface area (Å²) >= 11 is 0. The average Bonchev–Trinajstić information content (AvgIpc) is 3.18. The van der Waals surface area contributed by atoms with Gasteiger partial charge in [-0.3, -0.25) is 14.9 Å². The van der Waals surface area contributed by atoms with Gasteiger partial charge in [-0.15, -0.1) is 0 Å². The van der Waals surface area contributed by atoms with Gasteiger partial charge in [0.2, 0.25) is 5.75 Å². The normalized spacial score (nSPS) is 14.0. The Morgan fingerprint density at radius 3 is 2.50 bits per heavy atom. The van der Waals surface area contributed by atoms with Crippen molar-refractivity contribution in [1.29, 1.82) is 0 Å². The molecule has 0 bridgehead atoms. The minimum absolute atomic E-state index is 0.0233. The zero-order chi connectivity index (χ0) is 20.7. The van der Waals surface area contributed by atoms with E-state index >= 15 is 0 Å². The van der Waals surface area contributed by atoms with E-state index < -0.39 is 17.5 Å². The summed E-state index contributed by atoms with van der Waals surface area (Å²) in [5, 5.41) is 10.9. The number of benzene rings is 1. The van der Waals surface area contributed by atoms with Crippen molar-refractivity contribution in [1.82, 2.24) is 4.90 Å². The first-order valence-electron chi connectivity index (χ1n) is 9.25. The van der Waals surface area contributed by atoms with Crippen LogP contribution in [0, 0.1) is 10.1 Å². The maximum Gasteiger partial charge on any atom is 0.344 e. The topological polar surface area (TPSA) is 108 Å². The summed E-state index contributed by atoms with van der Waals surface area (Å²) in [6.07, 6.45) is 4.16. The molecule has 0 spiro atoms. The second-order valence-corrected chi connectivity index (χ2v) is 6.87. The van der Waals surface area contributed by atoms with Gasteiger partial charge in [-0.25, -0.2) is 4.79 Å². The number of amides is 1. The number of carbonyl (C=O) groups excluding carboxylic acids is 2. The molecule has 9 heteroatoms. The Kier molecular flexibility index (Phi) is 7.60. The van der Waals surface area contributed by atoms with Crippen LogP contribution in [0.4, 0.5) is 5.69 Å². The van der Waals surface area contributed by atoms with Crippen molar-refractivity contribution >= 4 is 17.6 Å². The number of hydrogen-bond donors (Lipinski definition) is 0. The molecule has 1 fully saturated rings. The Labute approximate surface area is 163 Å². The quantitative estimate of drug-likeness (QED) is 0.360. The third kappa shape index (κ3) is 5.58. The second kappa shape index (κ2) is 9.91. The highest BCUT2D eigenvalue weighted by molar-refractivity contribution is 5.81. The summed E-state index contributed by atoms with van der Waals surface area (Å²) in [4.78, 5) is 36.5. The predicted octanol–water partition coefficient (Wildman–Crippen LogP) is 2.71. The van der Waals surface area contributed by atoms with Gasteiger partial charge in [0.25, 0.3) is 5.91 Å². The highest BCUT2D eigenvalue weighted by Crippen LogP contribution is 2.30. The van der Waals surface area contributed by atoms with Crippen LogP contribution in [0.25, 0.3) is 0 Å². The van der Waals surface area contributed by atoms with E-state index in [2.05, 4.69) is 0 Å². The molecular formula is C19H26N2O7. The molecule has 1 amide bonds. The Morgan fingerprint density at radius 1 is 1.25 bits per heavy atom. The van der Waals surface area contributed by atoms with Crippen LogP contribution in [0.2, 0.25) is 0 Å².